The van der Waals surface area contributed by atoms with E-state index in [-0.39, 0.29) is 24.2 Å². The Hall–Kier alpha value is -3.93. The predicted molar refractivity (Wildman–Crippen MR) is 102 cm³/mol. The molecule has 1 aromatic carbocycles. The third-order valence-electron chi connectivity index (χ3n) is 3.60. The lowest BCUT2D eigenvalue weighted by Crippen LogP contribution is -2.29. The number of nitriles is 1. The Balaban J connectivity index is 1.82. The Kier molecular flexibility index (Phi) is 5.50. The number of aromatic nitrogens is 3. The third-order valence-corrected chi connectivity index (χ3v) is 3.60. The van der Waals surface area contributed by atoms with Crippen LogP contribution in [0, 0.1) is 11.3 Å². The number of H-pyrrole nitrogens is 1. The van der Waals surface area contributed by atoms with E-state index in [2.05, 4.69) is 25.6 Å². The van der Waals surface area contributed by atoms with Gasteiger partial charge in [0.05, 0.1) is 17.8 Å². The first-order valence-electron chi connectivity index (χ1n) is 8.56. The normalized spacial score (nSPS) is 10.5. The van der Waals surface area contributed by atoms with Crippen molar-refractivity contribution in [1.29, 1.82) is 5.26 Å². The van der Waals surface area contributed by atoms with Gasteiger partial charge in [0.25, 0.3) is 5.91 Å². The molecule has 28 heavy (non-hydrogen) atoms. The summed E-state index contributed by atoms with van der Waals surface area (Å²) >= 11 is 0. The minimum Gasteiger partial charge on any atom is -0.437 e. The molecule has 0 spiro atoms. The van der Waals surface area contributed by atoms with Gasteiger partial charge in [-0.05, 0) is 26.0 Å². The van der Waals surface area contributed by atoms with Gasteiger partial charge in [0, 0.05) is 24.0 Å². The van der Waals surface area contributed by atoms with Crippen LogP contribution in [0.25, 0.3) is 11.2 Å². The van der Waals surface area contributed by atoms with Crippen molar-refractivity contribution < 1.29 is 14.3 Å². The molecular weight excluding hydrogens is 360 g/mol. The molecule has 0 radical (unpaired) electrons. The first kappa shape index (κ1) is 18.8. The summed E-state index contributed by atoms with van der Waals surface area (Å²) in [5.41, 5.74) is 1.73. The highest BCUT2D eigenvalue weighted by atomic mass is 16.5. The lowest BCUT2D eigenvalue weighted by molar-refractivity contribution is -0.115. The van der Waals surface area contributed by atoms with Gasteiger partial charge in [-0.15, -0.1) is 0 Å². The van der Waals surface area contributed by atoms with Crippen LogP contribution in [0.4, 0.5) is 5.69 Å². The summed E-state index contributed by atoms with van der Waals surface area (Å²) in [6.45, 7) is 3.74. The highest BCUT2D eigenvalue weighted by Crippen LogP contribution is 2.24. The summed E-state index contributed by atoms with van der Waals surface area (Å²) in [5, 5.41) is 14.0. The Labute approximate surface area is 160 Å². The van der Waals surface area contributed by atoms with Gasteiger partial charge < -0.3 is 20.4 Å². The van der Waals surface area contributed by atoms with Crippen molar-refractivity contribution in [2.75, 3.05) is 5.32 Å². The molecule has 0 atom stereocenters. The minimum absolute atomic E-state index is 0.0103. The van der Waals surface area contributed by atoms with E-state index in [9.17, 15) is 9.59 Å². The third kappa shape index (κ3) is 4.42. The van der Waals surface area contributed by atoms with Crippen molar-refractivity contribution in [2.45, 2.75) is 26.3 Å². The summed E-state index contributed by atoms with van der Waals surface area (Å²) < 4.78 is 5.72. The maximum atomic E-state index is 12.3. The number of nitrogens with one attached hydrogen (secondary N) is 3. The monoisotopic (exact) mass is 378 g/mol. The fraction of sp³-hybridized carbons (Fsp3) is 0.211. The highest BCUT2D eigenvalue weighted by molar-refractivity contribution is 6.04. The van der Waals surface area contributed by atoms with E-state index in [1.807, 2.05) is 13.8 Å². The molecule has 0 aliphatic heterocycles. The van der Waals surface area contributed by atoms with Crippen LogP contribution in [0.2, 0.25) is 0 Å². The summed E-state index contributed by atoms with van der Waals surface area (Å²) in [7, 11) is 0. The fourth-order valence-electron chi connectivity index (χ4n) is 2.47. The number of nitrogens with zero attached hydrogens (tertiary/aromatic N) is 3. The number of anilines is 1. The molecule has 0 saturated heterocycles. The zero-order valence-corrected chi connectivity index (χ0v) is 15.3. The number of fused-ring (bicyclic) bond motifs is 1. The lowest BCUT2D eigenvalue weighted by Gasteiger charge is -2.08. The molecule has 0 fully saturated rings. The highest BCUT2D eigenvalue weighted by Gasteiger charge is 2.16. The number of benzene rings is 1. The standard InChI is InChI=1S/C19H18N6O3/c1-11(2)23-19(27)14-9-21-18-17(14)25-16(10-22-18)28-13-5-3-4-12(8-13)24-15(26)6-7-20/h3-5,8-11H,6H2,1-2H3,(H,21,22)(H,23,27)(H,24,26). The maximum Gasteiger partial charge on any atom is 0.255 e. The van der Waals surface area contributed by atoms with Crippen LogP contribution in [-0.2, 0) is 4.79 Å². The summed E-state index contributed by atoms with van der Waals surface area (Å²) in [6, 6.07) is 8.44. The zero-order chi connectivity index (χ0) is 20.1. The summed E-state index contributed by atoms with van der Waals surface area (Å²) in [4.78, 5) is 35.3. The molecule has 0 saturated carbocycles. The van der Waals surface area contributed by atoms with Crippen molar-refractivity contribution >= 4 is 28.7 Å². The Morgan fingerprint density at radius 3 is 2.93 bits per heavy atom. The van der Waals surface area contributed by atoms with E-state index < -0.39 is 5.91 Å². The van der Waals surface area contributed by atoms with Crippen LogP contribution in [0.5, 0.6) is 11.6 Å². The van der Waals surface area contributed by atoms with E-state index in [1.54, 1.807) is 36.5 Å². The molecule has 0 unspecified atom stereocenters. The van der Waals surface area contributed by atoms with Crippen molar-refractivity contribution in [3.63, 3.8) is 0 Å². The molecule has 9 heteroatoms. The number of rotatable bonds is 6. The predicted octanol–water partition coefficient (Wildman–Crippen LogP) is 2.74. The van der Waals surface area contributed by atoms with E-state index in [0.717, 1.165) is 0 Å². The van der Waals surface area contributed by atoms with Gasteiger partial charge in [-0.3, -0.25) is 9.59 Å². The van der Waals surface area contributed by atoms with E-state index in [4.69, 9.17) is 10.00 Å². The molecule has 9 nitrogen and oxygen atoms in total. The molecule has 3 N–H and O–H groups in total. The topological polar surface area (TPSA) is 133 Å². The van der Waals surface area contributed by atoms with Crippen molar-refractivity contribution in [2.24, 2.45) is 0 Å². The molecule has 2 heterocycles. The van der Waals surface area contributed by atoms with E-state index in [1.165, 1.54) is 6.20 Å². The number of amides is 2. The van der Waals surface area contributed by atoms with Crippen molar-refractivity contribution in [3.8, 4) is 17.7 Å². The average Bonchev–Trinajstić information content (AvgIpc) is 3.05. The molecular formula is C19H18N6O3. The molecule has 2 aromatic heterocycles. The van der Waals surface area contributed by atoms with Crippen LogP contribution in [0.15, 0.2) is 36.7 Å². The van der Waals surface area contributed by atoms with Gasteiger partial charge in [-0.2, -0.15) is 5.26 Å². The Morgan fingerprint density at radius 2 is 2.18 bits per heavy atom. The maximum absolute atomic E-state index is 12.3. The van der Waals surface area contributed by atoms with Gasteiger partial charge in [0.15, 0.2) is 5.65 Å². The van der Waals surface area contributed by atoms with Gasteiger partial charge in [-0.1, -0.05) is 6.07 Å². The van der Waals surface area contributed by atoms with E-state index >= 15 is 0 Å². The van der Waals surface area contributed by atoms with Crippen LogP contribution < -0.4 is 15.4 Å². The molecule has 0 aliphatic rings. The second-order valence-electron chi connectivity index (χ2n) is 6.25. The fourth-order valence-corrected chi connectivity index (χ4v) is 2.47. The number of carbonyl (C=O) groups is 2. The molecule has 0 bridgehead atoms. The molecule has 3 aromatic rings. The van der Waals surface area contributed by atoms with Crippen LogP contribution in [0.1, 0.15) is 30.6 Å². The van der Waals surface area contributed by atoms with Crippen LogP contribution in [-0.4, -0.2) is 32.8 Å². The number of ether oxygens (including phenoxy) is 1. The summed E-state index contributed by atoms with van der Waals surface area (Å²) in [6.07, 6.45) is 2.75. The zero-order valence-electron chi connectivity index (χ0n) is 15.3. The number of hydrogen-bond acceptors (Lipinski definition) is 6. The van der Waals surface area contributed by atoms with Gasteiger partial charge in [0.2, 0.25) is 11.8 Å². The number of carbonyl (C=O) groups excluding carboxylic acids is 2. The van der Waals surface area contributed by atoms with Gasteiger partial charge in [-0.25, -0.2) is 9.97 Å². The largest absolute Gasteiger partial charge is 0.437 e. The first-order chi connectivity index (χ1) is 13.5. The quantitative estimate of drug-likeness (QED) is 0.604. The SMILES string of the molecule is CC(C)NC(=O)c1c[nH]c2ncc(Oc3cccc(NC(=O)CC#N)c3)nc12. The van der Waals surface area contributed by atoms with Crippen LogP contribution >= 0.6 is 0 Å². The minimum atomic E-state index is -0.408. The Bertz CT molecular complexity index is 1070. The van der Waals surface area contributed by atoms with E-state index in [0.29, 0.717) is 28.2 Å². The van der Waals surface area contributed by atoms with Gasteiger partial charge in [0.1, 0.15) is 17.7 Å². The molecule has 3 rings (SSSR count). The van der Waals surface area contributed by atoms with Crippen molar-refractivity contribution in [3.05, 3.63) is 42.2 Å². The smallest absolute Gasteiger partial charge is 0.255 e. The van der Waals surface area contributed by atoms with Gasteiger partial charge >= 0.3 is 0 Å². The second-order valence-corrected chi connectivity index (χ2v) is 6.25. The molecule has 2 amide bonds. The summed E-state index contributed by atoms with van der Waals surface area (Å²) in [5.74, 6) is -0.0396. The second kappa shape index (κ2) is 8.18. The van der Waals surface area contributed by atoms with Crippen molar-refractivity contribution in [1.82, 2.24) is 20.3 Å². The molecule has 0 aliphatic carbocycles. The number of aromatic amines is 1. The average molecular weight is 378 g/mol. The first-order valence-corrected chi connectivity index (χ1v) is 8.56. The lowest BCUT2D eigenvalue weighted by atomic mass is 10.2. The number of hydrogen-bond donors (Lipinski definition) is 3. The molecule has 142 valence electrons. The van der Waals surface area contributed by atoms with Crippen LogP contribution in [0.3, 0.4) is 0 Å². The Morgan fingerprint density at radius 1 is 1.36 bits per heavy atom.